The molecule has 1 unspecified atom stereocenters. The van der Waals surface area contributed by atoms with Crippen LogP contribution in [0.3, 0.4) is 0 Å². The molecule has 1 aromatic rings. The van der Waals surface area contributed by atoms with E-state index in [1.807, 2.05) is 67.3 Å². The molecule has 0 radical (unpaired) electrons. The summed E-state index contributed by atoms with van der Waals surface area (Å²) in [5.41, 5.74) is 2.50. The van der Waals surface area contributed by atoms with Crippen LogP contribution in [-0.4, -0.2) is 98.5 Å². The first-order chi connectivity index (χ1) is 26.4. The van der Waals surface area contributed by atoms with Gasteiger partial charge in [-0.25, -0.2) is 26.1 Å². The summed E-state index contributed by atoms with van der Waals surface area (Å²) >= 11 is 0. The largest absolute Gasteiger partial charge is 0.481 e. The molecular formula is C39H54N3O11S3+. The predicted octanol–water partition coefficient (Wildman–Crippen LogP) is 4.52. The van der Waals surface area contributed by atoms with Crippen LogP contribution in [0.4, 0.5) is 5.69 Å². The fourth-order valence-corrected chi connectivity index (χ4v) is 9.75. The molecule has 14 nitrogen and oxygen atoms in total. The molecule has 1 atom stereocenters. The molecule has 3 aliphatic rings. The molecule has 4 rings (SSSR count). The fourth-order valence-electron chi connectivity index (χ4n) is 7.22. The number of ether oxygens (including phenoxy) is 1. The number of carbonyl (C=O) groups is 1. The van der Waals surface area contributed by atoms with Gasteiger partial charge in [0.2, 0.25) is 15.4 Å². The highest BCUT2D eigenvalue weighted by Gasteiger charge is 2.46. The molecule has 0 fully saturated rings. The Morgan fingerprint density at radius 3 is 2.46 bits per heavy atom. The van der Waals surface area contributed by atoms with Crippen LogP contribution in [0.1, 0.15) is 69.9 Å². The van der Waals surface area contributed by atoms with E-state index < -0.39 is 47.1 Å². The number of unbranched alkanes of at least 4 members (excludes halogenated alkanes) is 2. The van der Waals surface area contributed by atoms with Gasteiger partial charge in [0.25, 0.3) is 10.1 Å². The number of sulfonamides is 1. The number of hydrogen-bond donors (Lipinski definition) is 3. The number of nitrogens with zero attached hydrogens (tertiary/aromatic N) is 2. The normalized spacial score (nSPS) is 17.6. The lowest BCUT2D eigenvalue weighted by Crippen LogP contribution is -2.32. The van der Waals surface area contributed by atoms with Crippen molar-refractivity contribution in [1.29, 1.82) is 0 Å². The highest BCUT2D eigenvalue weighted by atomic mass is 32.2. The summed E-state index contributed by atoms with van der Waals surface area (Å²) in [4.78, 5) is 13.2. The number of nitrogens with one attached hydrogen (secondary N) is 1. The maximum atomic E-state index is 13.8. The summed E-state index contributed by atoms with van der Waals surface area (Å²) in [6.45, 7) is 5.76. The first-order valence-electron chi connectivity index (χ1n) is 18.6. The average molecular weight is 837 g/mol. The van der Waals surface area contributed by atoms with Crippen LogP contribution in [0.25, 0.3) is 17.4 Å². The number of methoxy groups -OCH3 is 1. The summed E-state index contributed by atoms with van der Waals surface area (Å²) in [6, 6.07) is 12.7. The van der Waals surface area contributed by atoms with Crippen molar-refractivity contribution < 1.29 is 48.9 Å². The molecule has 2 heterocycles. The molecule has 0 bridgehead atoms. The SMILES string of the molecule is CC[N+](CCCS(C)(=O)=O)=c1ccc2c(/C=C/C=C3/N(CCCCCC(=O)O)c4cccc(S(=O)(=O)NCCOC)c4C3(C)CCCS(=O)(=O)O)ccoc-2c1. The smallest absolute Gasteiger partial charge is 0.303 e. The van der Waals surface area contributed by atoms with Crippen LogP contribution in [0.15, 0.2) is 75.9 Å². The van der Waals surface area contributed by atoms with Gasteiger partial charge in [0.1, 0.15) is 28.7 Å². The monoisotopic (exact) mass is 836 g/mol. The number of carboxylic acids is 1. The number of benzene rings is 2. The van der Waals surface area contributed by atoms with E-state index in [0.717, 1.165) is 22.2 Å². The number of anilines is 1. The summed E-state index contributed by atoms with van der Waals surface area (Å²) in [5, 5.41) is 10.1. The van der Waals surface area contributed by atoms with E-state index in [0.29, 0.717) is 62.3 Å². The third-order valence-electron chi connectivity index (χ3n) is 9.88. The lowest BCUT2D eigenvalue weighted by Gasteiger charge is -2.31. The quantitative estimate of drug-likeness (QED) is 0.0727. The van der Waals surface area contributed by atoms with Gasteiger partial charge in [-0.15, -0.1) is 0 Å². The minimum Gasteiger partial charge on any atom is -0.481 e. The van der Waals surface area contributed by atoms with Crippen molar-refractivity contribution in [2.75, 3.05) is 62.6 Å². The van der Waals surface area contributed by atoms with E-state index >= 15 is 0 Å². The van der Waals surface area contributed by atoms with Crippen LogP contribution in [0.2, 0.25) is 0 Å². The summed E-state index contributed by atoms with van der Waals surface area (Å²) in [5.74, 6) is -0.664. The molecule has 56 heavy (non-hydrogen) atoms. The van der Waals surface area contributed by atoms with Crippen LogP contribution < -0.4 is 19.6 Å². The Morgan fingerprint density at radius 2 is 1.79 bits per heavy atom. The number of hydrogen-bond acceptors (Lipinski definition) is 10. The summed E-state index contributed by atoms with van der Waals surface area (Å²) in [7, 11) is -9.96. The molecule has 0 saturated carbocycles. The Balaban J connectivity index is 1.81. The van der Waals surface area contributed by atoms with E-state index in [1.54, 1.807) is 12.3 Å². The van der Waals surface area contributed by atoms with Gasteiger partial charge in [-0.2, -0.15) is 8.42 Å². The van der Waals surface area contributed by atoms with E-state index in [2.05, 4.69) is 9.30 Å². The van der Waals surface area contributed by atoms with Crippen molar-refractivity contribution in [2.24, 2.45) is 0 Å². The first-order valence-corrected chi connectivity index (χ1v) is 23.8. The Hall–Kier alpha value is -3.87. The van der Waals surface area contributed by atoms with Crippen LogP contribution in [-0.2, 0) is 44.9 Å². The van der Waals surface area contributed by atoms with Gasteiger partial charge in [0, 0.05) is 73.3 Å². The van der Waals surface area contributed by atoms with E-state index in [1.165, 1.54) is 19.4 Å². The molecule has 0 amide bonds. The van der Waals surface area contributed by atoms with Gasteiger partial charge in [-0.3, -0.25) is 9.35 Å². The summed E-state index contributed by atoms with van der Waals surface area (Å²) in [6.07, 6.45) is 10.9. The third kappa shape index (κ3) is 12.1. The number of allylic oxidation sites excluding steroid dienone is 3. The number of carboxylic acid groups (broad SMARTS) is 1. The molecule has 0 aromatic heterocycles. The topological polar surface area (TPSA) is 201 Å². The minimum absolute atomic E-state index is 0.0311. The average Bonchev–Trinajstić information content (AvgIpc) is 3.35. The van der Waals surface area contributed by atoms with Crippen molar-refractivity contribution in [1.82, 2.24) is 9.30 Å². The lowest BCUT2D eigenvalue weighted by atomic mass is 9.77. The van der Waals surface area contributed by atoms with Gasteiger partial charge < -0.3 is 19.2 Å². The number of rotatable bonds is 22. The molecular weight excluding hydrogens is 783 g/mol. The van der Waals surface area contributed by atoms with E-state index in [4.69, 9.17) is 14.3 Å². The van der Waals surface area contributed by atoms with E-state index in [-0.39, 0.29) is 43.1 Å². The van der Waals surface area contributed by atoms with Gasteiger partial charge in [-0.05, 0) is 75.4 Å². The van der Waals surface area contributed by atoms with Gasteiger partial charge in [-0.1, -0.05) is 24.6 Å². The standard InChI is InChI=1S/C39H53N3O11S3/c1-5-41(23-12-27-54(4,45)46)31-18-19-32-30(20-25-53-34(32)29-31)13-9-16-36-39(2,21-11-28-55(47,48)49)38-33(42(36)24-8-6-7-17-37(43)44)14-10-15-35(38)56(50,51)40-22-26-52-3/h9-10,13-16,18-20,25,29,40H,5-8,11-12,17,21-24,26-28H2,1-4H3,(H-,43,44,47,48,49)/p+1. The van der Waals surface area contributed by atoms with Crippen molar-refractivity contribution >= 4 is 47.7 Å². The lowest BCUT2D eigenvalue weighted by molar-refractivity contribution is -0.137. The van der Waals surface area contributed by atoms with Crippen LogP contribution in [0.5, 0.6) is 0 Å². The zero-order chi connectivity index (χ0) is 41.1. The Kier molecular flexibility index (Phi) is 15.6. The van der Waals surface area contributed by atoms with E-state index in [9.17, 15) is 34.6 Å². The zero-order valence-electron chi connectivity index (χ0n) is 32.4. The Labute approximate surface area is 330 Å². The maximum Gasteiger partial charge on any atom is 0.303 e. The van der Waals surface area contributed by atoms with Crippen molar-refractivity contribution in [3.63, 3.8) is 0 Å². The molecule has 3 N–H and O–H groups in total. The minimum atomic E-state index is -4.30. The molecule has 1 aromatic carbocycles. The maximum absolute atomic E-state index is 13.8. The van der Waals surface area contributed by atoms with Crippen LogP contribution in [0, 0.1) is 0 Å². The second-order valence-corrected chi connectivity index (χ2v) is 19.7. The fraction of sp³-hybridized carbons (Fsp3) is 0.487. The van der Waals surface area contributed by atoms with Crippen LogP contribution >= 0.6 is 0 Å². The molecule has 0 spiro atoms. The van der Waals surface area contributed by atoms with Gasteiger partial charge in [0.05, 0.1) is 35.3 Å². The number of aliphatic carboxylic acids is 1. The summed E-state index contributed by atoms with van der Waals surface area (Å²) < 4.78 is 100.0. The molecule has 308 valence electrons. The first kappa shape index (κ1) is 44.8. The second-order valence-electron chi connectivity index (χ2n) is 14.1. The number of fused-ring (bicyclic) bond motifs is 2. The third-order valence-corrected chi connectivity index (χ3v) is 13.2. The van der Waals surface area contributed by atoms with Crippen molar-refractivity contribution in [2.45, 2.75) is 69.1 Å². The highest BCUT2D eigenvalue weighted by Crippen LogP contribution is 2.53. The predicted molar refractivity (Wildman–Crippen MR) is 217 cm³/mol. The zero-order valence-corrected chi connectivity index (χ0v) is 34.9. The Bertz CT molecular complexity index is 2280. The number of sulfone groups is 1. The highest BCUT2D eigenvalue weighted by molar-refractivity contribution is 7.90. The Morgan fingerprint density at radius 1 is 1.02 bits per heavy atom. The second kappa shape index (κ2) is 19.5. The molecule has 1 aliphatic carbocycles. The van der Waals surface area contributed by atoms with Gasteiger partial charge >= 0.3 is 5.97 Å². The van der Waals surface area contributed by atoms with Gasteiger partial charge in [0.15, 0.2) is 0 Å². The molecule has 0 saturated heterocycles. The molecule has 2 aliphatic heterocycles. The van der Waals surface area contributed by atoms with Crippen molar-refractivity contribution in [3.05, 3.63) is 83.1 Å². The molecule has 17 heteroatoms. The van der Waals surface area contributed by atoms with Crippen molar-refractivity contribution in [3.8, 4) is 11.3 Å².